The zero-order chi connectivity index (χ0) is 16.6. The number of hydrogen-bond acceptors (Lipinski definition) is 5. The lowest BCUT2D eigenvalue weighted by Crippen LogP contribution is -1.98. The Hall–Kier alpha value is -3.67. The number of pyridine rings is 2. The summed E-state index contributed by atoms with van der Waals surface area (Å²) in [6.45, 7) is 0. The normalized spacial score (nSPS) is 11.2. The van der Waals surface area contributed by atoms with Gasteiger partial charge in [-0.15, -0.1) is 0 Å². The van der Waals surface area contributed by atoms with Gasteiger partial charge in [0.1, 0.15) is 12.0 Å². The van der Waals surface area contributed by atoms with Crippen molar-refractivity contribution in [1.82, 2.24) is 29.9 Å². The van der Waals surface area contributed by atoms with Crippen LogP contribution in [0.1, 0.15) is 0 Å². The van der Waals surface area contributed by atoms with Crippen molar-refractivity contribution >= 4 is 22.1 Å². The van der Waals surface area contributed by atoms with Gasteiger partial charge in [0.15, 0.2) is 0 Å². The Kier molecular flexibility index (Phi) is 3.00. The highest BCUT2D eigenvalue weighted by molar-refractivity contribution is 5.93. The number of fused-ring (bicyclic) bond motifs is 2. The van der Waals surface area contributed by atoms with Crippen molar-refractivity contribution in [2.75, 3.05) is 0 Å². The molecule has 1 aromatic carbocycles. The monoisotopic (exact) mass is 324 g/mol. The molecule has 0 saturated heterocycles. The van der Waals surface area contributed by atoms with Gasteiger partial charge < -0.3 is 4.98 Å². The van der Waals surface area contributed by atoms with Gasteiger partial charge in [-0.2, -0.15) is 0 Å². The van der Waals surface area contributed by atoms with Crippen LogP contribution in [0.4, 0.5) is 0 Å². The second-order valence-electron chi connectivity index (χ2n) is 5.62. The van der Waals surface area contributed by atoms with Crippen molar-refractivity contribution in [1.29, 1.82) is 0 Å². The first-order valence-electron chi connectivity index (χ1n) is 7.86. The summed E-state index contributed by atoms with van der Waals surface area (Å²) in [7, 11) is 0. The van der Waals surface area contributed by atoms with Crippen molar-refractivity contribution in [3.05, 3.63) is 67.3 Å². The van der Waals surface area contributed by atoms with Crippen molar-refractivity contribution in [2.24, 2.45) is 0 Å². The Balaban J connectivity index is 1.86. The minimum atomic E-state index is 0.755. The topological polar surface area (TPSA) is 80.2 Å². The molecule has 118 valence electrons. The van der Waals surface area contributed by atoms with Crippen LogP contribution in [0, 0.1) is 0 Å². The smallest absolute Gasteiger partial charge is 0.116 e. The van der Waals surface area contributed by atoms with Gasteiger partial charge >= 0.3 is 0 Å². The lowest BCUT2D eigenvalue weighted by molar-refractivity contribution is 1.21. The highest BCUT2D eigenvalue weighted by atomic mass is 14.9. The molecule has 4 aromatic heterocycles. The summed E-state index contributed by atoms with van der Waals surface area (Å²) in [5, 5.41) is 0. The molecule has 0 aliphatic rings. The van der Waals surface area contributed by atoms with E-state index in [4.69, 9.17) is 4.98 Å². The zero-order valence-corrected chi connectivity index (χ0v) is 13.1. The number of nitrogens with one attached hydrogen (secondary N) is 1. The molecule has 5 rings (SSSR count). The molecular formula is C19H12N6. The average Bonchev–Trinajstić information content (AvgIpc) is 3.14. The van der Waals surface area contributed by atoms with Crippen molar-refractivity contribution in [3.8, 4) is 22.8 Å². The Morgan fingerprint density at radius 1 is 0.680 bits per heavy atom. The molecule has 0 amide bonds. The van der Waals surface area contributed by atoms with E-state index in [1.165, 1.54) is 0 Å². The largest absolute Gasteiger partial charge is 0.350 e. The van der Waals surface area contributed by atoms with Crippen LogP contribution in [-0.2, 0) is 0 Å². The first-order chi connectivity index (χ1) is 12.4. The molecule has 6 heteroatoms. The summed E-state index contributed by atoms with van der Waals surface area (Å²) in [6.07, 6.45) is 5.08. The summed E-state index contributed by atoms with van der Waals surface area (Å²) in [6, 6.07) is 15.5. The predicted octanol–water partition coefficient (Wildman–Crippen LogP) is 3.63. The van der Waals surface area contributed by atoms with Crippen LogP contribution in [0.3, 0.4) is 0 Å². The molecule has 4 heterocycles. The Morgan fingerprint density at radius 3 is 2.12 bits per heavy atom. The summed E-state index contributed by atoms with van der Waals surface area (Å²) in [5.41, 5.74) is 6.54. The minimum absolute atomic E-state index is 0.755. The van der Waals surface area contributed by atoms with E-state index in [9.17, 15) is 0 Å². The fraction of sp³-hybridized carbons (Fsp3) is 0. The van der Waals surface area contributed by atoms with Crippen LogP contribution in [-0.4, -0.2) is 29.9 Å². The Morgan fingerprint density at radius 2 is 1.40 bits per heavy atom. The van der Waals surface area contributed by atoms with Crippen LogP contribution in [0.5, 0.6) is 0 Å². The SMILES string of the molecule is c1ccc(-c2nc3cc4ncnc4cc3[nH]c2-c2ccccn2)nc1. The maximum atomic E-state index is 4.85. The Labute approximate surface area is 142 Å². The number of hydrogen-bond donors (Lipinski definition) is 1. The number of aromatic amines is 1. The van der Waals surface area contributed by atoms with Gasteiger partial charge in [-0.05, 0) is 36.4 Å². The highest BCUT2D eigenvalue weighted by Gasteiger charge is 2.14. The third-order valence-electron chi connectivity index (χ3n) is 4.04. The number of benzene rings is 1. The molecule has 0 saturated carbocycles. The predicted molar refractivity (Wildman–Crippen MR) is 95.7 cm³/mol. The fourth-order valence-electron chi connectivity index (χ4n) is 2.87. The molecule has 0 aliphatic carbocycles. The maximum Gasteiger partial charge on any atom is 0.116 e. The van der Waals surface area contributed by atoms with Gasteiger partial charge in [0.2, 0.25) is 0 Å². The van der Waals surface area contributed by atoms with E-state index in [1.807, 2.05) is 48.5 Å². The minimum Gasteiger partial charge on any atom is -0.350 e. The lowest BCUT2D eigenvalue weighted by atomic mass is 10.1. The van der Waals surface area contributed by atoms with Crippen LogP contribution in [0.25, 0.3) is 44.8 Å². The molecule has 0 radical (unpaired) electrons. The molecule has 0 unspecified atom stereocenters. The molecule has 1 N–H and O–H groups in total. The molecule has 5 aromatic rings. The van der Waals surface area contributed by atoms with Gasteiger partial charge in [0.05, 0.1) is 39.1 Å². The van der Waals surface area contributed by atoms with Gasteiger partial charge in [0, 0.05) is 12.4 Å². The van der Waals surface area contributed by atoms with Gasteiger partial charge in [-0.1, -0.05) is 12.1 Å². The van der Waals surface area contributed by atoms with Crippen LogP contribution >= 0.6 is 0 Å². The fourth-order valence-corrected chi connectivity index (χ4v) is 2.87. The van der Waals surface area contributed by atoms with Crippen molar-refractivity contribution in [2.45, 2.75) is 0 Å². The van der Waals surface area contributed by atoms with E-state index in [-0.39, 0.29) is 0 Å². The first-order valence-corrected chi connectivity index (χ1v) is 7.86. The number of H-pyrrole nitrogens is 1. The van der Waals surface area contributed by atoms with E-state index in [0.717, 1.165) is 44.8 Å². The van der Waals surface area contributed by atoms with Crippen molar-refractivity contribution < 1.29 is 0 Å². The number of imidazole rings is 1. The van der Waals surface area contributed by atoms with E-state index < -0.39 is 0 Å². The van der Waals surface area contributed by atoms with Crippen molar-refractivity contribution in [3.63, 3.8) is 0 Å². The van der Waals surface area contributed by atoms with E-state index in [2.05, 4.69) is 24.9 Å². The molecule has 0 aliphatic heterocycles. The standard InChI is InChI=1S/C19H12N6/c1-3-7-20-12(5-1)18-19(13-6-2-4-8-21-13)25-17-10-15-14(22-11-23-15)9-16(17)24-18/h1-11,24H. The molecule has 0 spiro atoms. The van der Waals surface area contributed by atoms with Gasteiger partial charge in [-0.3, -0.25) is 9.97 Å². The summed E-state index contributed by atoms with van der Waals surface area (Å²) >= 11 is 0. The first kappa shape index (κ1) is 13.7. The number of aromatic nitrogens is 6. The van der Waals surface area contributed by atoms with Crippen LogP contribution < -0.4 is 0 Å². The zero-order valence-electron chi connectivity index (χ0n) is 13.1. The summed E-state index contributed by atoms with van der Waals surface area (Å²) in [4.78, 5) is 25.8. The summed E-state index contributed by atoms with van der Waals surface area (Å²) in [5.74, 6) is 0. The molecule has 0 bridgehead atoms. The third-order valence-corrected chi connectivity index (χ3v) is 4.04. The second kappa shape index (κ2) is 5.45. The van der Waals surface area contributed by atoms with Crippen LogP contribution in [0.15, 0.2) is 67.3 Å². The third kappa shape index (κ3) is 2.31. The molecule has 0 fully saturated rings. The van der Waals surface area contributed by atoms with Gasteiger partial charge in [0.25, 0.3) is 0 Å². The molecular weight excluding hydrogens is 312 g/mol. The maximum absolute atomic E-state index is 4.85. The number of rotatable bonds is 2. The molecule has 6 nitrogen and oxygen atoms in total. The van der Waals surface area contributed by atoms with E-state index in [1.54, 1.807) is 18.7 Å². The molecule has 25 heavy (non-hydrogen) atoms. The van der Waals surface area contributed by atoms with Crippen LogP contribution in [0.2, 0.25) is 0 Å². The highest BCUT2D eigenvalue weighted by Crippen LogP contribution is 2.29. The lowest BCUT2D eigenvalue weighted by Gasteiger charge is -2.10. The quantitative estimate of drug-likeness (QED) is 0.536. The van der Waals surface area contributed by atoms with Gasteiger partial charge in [-0.25, -0.2) is 15.0 Å². The average molecular weight is 324 g/mol. The van der Waals surface area contributed by atoms with E-state index >= 15 is 0 Å². The Bertz CT molecular complexity index is 1090. The second-order valence-corrected chi connectivity index (χ2v) is 5.62. The van der Waals surface area contributed by atoms with E-state index in [0.29, 0.717) is 0 Å². The number of nitrogens with zero attached hydrogens (tertiary/aromatic N) is 5. The summed E-state index contributed by atoms with van der Waals surface area (Å²) < 4.78 is 0. The molecule has 0 atom stereocenters.